The third-order valence-electron chi connectivity index (χ3n) is 6.43. The number of carbonyl (C=O) groups is 1. The SMILES string of the molecule is Cn1cc(S(=O)(=O)N2CCCCC2)cc1C(=O)Nc1cc(C(F)(F)F)ccc1N1CCCCC1. The lowest BCUT2D eigenvalue weighted by Gasteiger charge is -2.31. The maximum absolute atomic E-state index is 13.4. The summed E-state index contributed by atoms with van der Waals surface area (Å²) in [4.78, 5) is 15.1. The third kappa shape index (κ3) is 5.10. The zero-order chi connectivity index (χ0) is 24.5. The van der Waals surface area contributed by atoms with E-state index in [1.165, 1.54) is 27.2 Å². The number of carbonyl (C=O) groups excluding carboxylic acids is 1. The Morgan fingerprint density at radius 1 is 0.941 bits per heavy atom. The van der Waals surface area contributed by atoms with Gasteiger partial charge in [-0.25, -0.2) is 8.42 Å². The first-order valence-electron chi connectivity index (χ1n) is 11.5. The number of aryl methyl sites for hydroxylation is 1. The smallest absolute Gasteiger partial charge is 0.370 e. The Bertz CT molecular complexity index is 1150. The minimum atomic E-state index is -4.55. The summed E-state index contributed by atoms with van der Waals surface area (Å²) in [6, 6.07) is 4.63. The van der Waals surface area contributed by atoms with Crippen molar-refractivity contribution in [3.8, 4) is 0 Å². The fourth-order valence-corrected chi connectivity index (χ4v) is 6.15. The van der Waals surface area contributed by atoms with Crippen LogP contribution < -0.4 is 10.2 Å². The van der Waals surface area contributed by atoms with Crippen LogP contribution in [-0.4, -0.2) is 49.4 Å². The molecule has 11 heteroatoms. The largest absolute Gasteiger partial charge is 0.416 e. The summed E-state index contributed by atoms with van der Waals surface area (Å²) in [6.07, 6.45) is 2.26. The van der Waals surface area contributed by atoms with Gasteiger partial charge in [0.25, 0.3) is 5.91 Å². The molecule has 34 heavy (non-hydrogen) atoms. The zero-order valence-corrected chi connectivity index (χ0v) is 19.9. The van der Waals surface area contributed by atoms with E-state index in [-0.39, 0.29) is 16.3 Å². The number of aromatic nitrogens is 1. The van der Waals surface area contributed by atoms with E-state index in [9.17, 15) is 26.4 Å². The molecule has 0 saturated carbocycles. The van der Waals surface area contributed by atoms with Gasteiger partial charge in [-0.05, 0) is 56.4 Å². The molecule has 0 radical (unpaired) electrons. The number of nitrogens with one attached hydrogen (secondary N) is 1. The molecule has 0 bridgehead atoms. The molecular weight excluding hydrogens is 469 g/mol. The predicted molar refractivity (Wildman–Crippen MR) is 123 cm³/mol. The second-order valence-corrected chi connectivity index (χ2v) is 10.8. The molecule has 2 saturated heterocycles. The third-order valence-corrected chi connectivity index (χ3v) is 8.30. The molecule has 2 fully saturated rings. The van der Waals surface area contributed by atoms with Crippen molar-refractivity contribution in [2.45, 2.75) is 49.6 Å². The summed E-state index contributed by atoms with van der Waals surface area (Å²) in [7, 11) is -2.20. The Morgan fingerprint density at radius 3 is 2.18 bits per heavy atom. The summed E-state index contributed by atoms with van der Waals surface area (Å²) in [5, 5.41) is 2.61. The second kappa shape index (κ2) is 9.61. The van der Waals surface area contributed by atoms with Crippen LogP contribution in [-0.2, 0) is 23.2 Å². The molecule has 7 nitrogen and oxygen atoms in total. The van der Waals surface area contributed by atoms with E-state index in [0.29, 0.717) is 31.9 Å². The Kier molecular flexibility index (Phi) is 6.95. The van der Waals surface area contributed by atoms with Gasteiger partial charge >= 0.3 is 6.18 Å². The van der Waals surface area contributed by atoms with Crippen LogP contribution in [0.25, 0.3) is 0 Å². The van der Waals surface area contributed by atoms with Crippen molar-refractivity contribution in [3.05, 3.63) is 41.7 Å². The van der Waals surface area contributed by atoms with Crippen molar-refractivity contribution >= 4 is 27.3 Å². The number of halogens is 3. The monoisotopic (exact) mass is 498 g/mol. The minimum Gasteiger partial charge on any atom is -0.370 e. The number of rotatable bonds is 5. The van der Waals surface area contributed by atoms with Gasteiger partial charge in [-0.15, -0.1) is 0 Å². The Balaban J connectivity index is 1.63. The van der Waals surface area contributed by atoms with E-state index in [1.54, 1.807) is 7.05 Å². The second-order valence-electron chi connectivity index (χ2n) is 8.87. The molecule has 0 aliphatic carbocycles. The molecule has 1 aromatic carbocycles. The summed E-state index contributed by atoms with van der Waals surface area (Å²) in [6.45, 7) is 2.25. The van der Waals surface area contributed by atoms with Crippen LogP contribution >= 0.6 is 0 Å². The van der Waals surface area contributed by atoms with E-state index in [4.69, 9.17) is 0 Å². The maximum atomic E-state index is 13.4. The van der Waals surface area contributed by atoms with Crippen LogP contribution in [0, 0.1) is 0 Å². The first-order chi connectivity index (χ1) is 16.1. The molecule has 186 valence electrons. The molecule has 0 atom stereocenters. The fourth-order valence-electron chi connectivity index (χ4n) is 4.56. The van der Waals surface area contributed by atoms with Crippen molar-refractivity contribution in [2.24, 2.45) is 7.05 Å². The molecule has 2 aromatic rings. The number of nitrogens with zero attached hydrogens (tertiary/aromatic N) is 3. The molecule has 3 heterocycles. The maximum Gasteiger partial charge on any atom is 0.416 e. The summed E-state index contributed by atoms with van der Waals surface area (Å²) in [5.74, 6) is -0.667. The van der Waals surface area contributed by atoms with Crippen molar-refractivity contribution in [1.29, 1.82) is 0 Å². The van der Waals surface area contributed by atoms with Crippen LogP contribution in [0.1, 0.15) is 54.6 Å². The van der Waals surface area contributed by atoms with Crippen molar-refractivity contribution in [2.75, 3.05) is 36.4 Å². The highest BCUT2D eigenvalue weighted by Gasteiger charge is 2.32. The van der Waals surface area contributed by atoms with Gasteiger partial charge in [0.15, 0.2) is 0 Å². The summed E-state index contributed by atoms with van der Waals surface area (Å²) in [5.41, 5.74) is -0.221. The molecule has 1 aromatic heterocycles. The number of alkyl halides is 3. The van der Waals surface area contributed by atoms with Crippen LogP contribution in [0.2, 0.25) is 0 Å². The fraction of sp³-hybridized carbons (Fsp3) is 0.522. The molecule has 0 unspecified atom stereocenters. The molecule has 2 aliphatic heterocycles. The molecule has 0 spiro atoms. The quantitative estimate of drug-likeness (QED) is 0.661. The lowest BCUT2D eigenvalue weighted by Crippen LogP contribution is -2.35. The van der Waals surface area contributed by atoms with Gasteiger partial charge < -0.3 is 14.8 Å². The lowest BCUT2D eigenvalue weighted by atomic mass is 10.1. The first-order valence-corrected chi connectivity index (χ1v) is 13.0. The van der Waals surface area contributed by atoms with E-state index in [1.807, 2.05) is 4.90 Å². The number of sulfonamides is 1. The minimum absolute atomic E-state index is 0.00217. The molecule has 1 amide bonds. The van der Waals surface area contributed by atoms with Gasteiger partial charge in [-0.2, -0.15) is 17.5 Å². The Labute approximate surface area is 197 Å². The topological polar surface area (TPSA) is 74.6 Å². The Hall–Kier alpha value is -2.53. The van der Waals surface area contributed by atoms with Gasteiger partial charge in [-0.3, -0.25) is 4.79 Å². The van der Waals surface area contributed by atoms with E-state index < -0.39 is 27.7 Å². The van der Waals surface area contributed by atoms with Gasteiger partial charge in [0, 0.05) is 39.4 Å². The number of piperidine rings is 2. The molecule has 4 rings (SSSR count). The van der Waals surface area contributed by atoms with Gasteiger partial charge in [0.1, 0.15) is 10.6 Å². The first kappa shape index (κ1) is 24.6. The number of hydrogen-bond donors (Lipinski definition) is 1. The van der Waals surface area contributed by atoms with Crippen molar-refractivity contribution in [3.63, 3.8) is 0 Å². The number of anilines is 2. The van der Waals surface area contributed by atoms with Gasteiger partial charge in [-0.1, -0.05) is 6.42 Å². The average molecular weight is 499 g/mol. The highest BCUT2D eigenvalue weighted by molar-refractivity contribution is 7.89. The number of hydrogen-bond acceptors (Lipinski definition) is 4. The lowest BCUT2D eigenvalue weighted by molar-refractivity contribution is -0.137. The predicted octanol–water partition coefficient (Wildman–Crippen LogP) is 4.46. The van der Waals surface area contributed by atoms with E-state index >= 15 is 0 Å². The highest BCUT2D eigenvalue weighted by Crippen LogP contribution is 2.36. The van der Waals surface area contributed by atoms with Gasteiger partial charge in [0.2, 0.25) is 10.0 Å². The average Bonchev–Trinajstić information content (AvgIpc) is 3.22. The van der Waals surface area contributed by atoms with Gasteiger partial charge in [0.05, 0.1) is 16.9 Å². The summed E-state index contributed by atoms with van der Waals surface area (Å²) >= 11 is 0. The van der Waals surface area contributed by atoms with Crippen molar-refractivity contribution in [1.82, 2.24) is 8.87 Å². The number of benzene rings is 1. The van der Waals surface area contributed by atoms with E-state index in [2.05, 4.69) is 5.32 Å². The normalized spacial score (nSPS) is 18.2. The summed E-state index contributed by atoms with van der Waals surface area (Å²) < 4.78 is 68.9. The van der Waals surface area contributed by atoms with E-state index in [0.717, 1.165) is 50.7 Å². The Morgan fingerprint density at radius 2 is 1.56 bits per heavy atom. The highest BCUT2D eigenvalue weighted by atomic mass is 32.2. The number of amides is 1. The van der Waals surface area contributed by atoms with Crippen LogP contribution in [0.4, 0.5) is 24.5 Å². The molecule has 2 aliphatic rings. The van der Waals surface area contributed by atoms with Crippen LogP contribution in [0.3, 0.4) is 0 Å². The van der Waals surface area contributed by atoms with Crippen LogP contribution in [0.5, 0.6) is 0 Å². The standard InChI is InChI=1S/C23H29F3N4O3S/c1-28-16-18(34(32,33)30-12-6-3-7-13-30)15-21(28)22(31)27-19-14-17(23(24,25)26)8-9-20(19)29-10-4-2-5-11-29/h8-9,14-16H,2-7,10-13H2,1H3,(H,27,31). The molecular formula is C23H29F3N4O3S. The van der Waals surface area contributed by atoms with Crippen molar-refractivity contribution < 1.29 is 26.4 Å². The van der Waals surface area contributed by atoms with Crippen LogP contribution in [0.15, 0.2) is 35.4 Å². The zero-order valence-electron chi connectivity index (χ0n) is 19.1. The molecule has 1 N–H and O–H groups in total.